The minimum absolute atomic E-state index is 0.189. The van der Waals surface area contributed by atoms with Gasteiger partial charge in [0, 0.05) is 25.4 Å². The normalized spacial score (nSPS) is 15.6. The third kappa shape index (κ3) is 4.82. The van der Waals surface area contributed by atoms with E-state index in [4.69, 9.17) is 4.74 Å². The van der Waals surface area contributed by atoms with Crippen LogP contribution in [0.5, 0.6) is 5.75 Å². The lowest BCUT2D eigenvalue weighted by Gasteiger charge is -2.30. The number of hydrogen-bond acceptors (Lipinski definition) is 4. The van der Waals surface area contributed by atoms with Crippen molar-refractivity contribution < 1.29 is 9.53 Å². The summed E-state index contributed by atoms with van der Waals surface area (Å²) in [4.78, 5) is 19.0. The number of nitrogens with one attached hydrogen (secondary N) is 1. The lowest BCUT2D eigenvalue weighted by atomic mass is 9.98. The summed E-state index contributed by atoms with van der Waals surface area (Å²) in [5.74, 6) is 1.27. The van der Waals surface area contributed by atoms with Gasteiger partial charge in [-0.25, -0.2) is 0 Å². The molecule has 5 heteroatoms. The summed E-state index contributed by atoms with van der Waals surface area (Å²) >= 11 is 0. The van der Waals surface area contributed by atoms with Crippen LogP contribution >= 0.6 is 0 Å². The van der Waals surface area contributed by atoms with Crippen molar-refractivity contribution in [3.8, 4) is 5.75 Å². The average molecular weight is 353 g/mol. The second kappa shape index (κ2) is 8.81. The number of piperidine rings is 1. The predicted octanol–water partition coefficient (Wildman–Crippen LogP) is 3.25. The molecule has 1 aromatic heterocycles. The van der Waals surface area contributed by atoms with E-state index in [0.29, 0.717) is 18.0 Å². The first-order valence-electron chi connectivity index (χ1n) is 9.23. The zero-order valence-electron chi connectivity index (χ0n) is 15.6. The lowest BCUT2D eigenvalue weighted by Crippen LogP contribution is -2.33. The van der Waals surface area contributed by atoms with Crippen molar-refractivity contribution in [3.63, 3.8) is 0 Å². The molecule has 3 rings (SSSR count). The van der Waals surface area contributed by atoms with Crippen LogP contribution in [0.25, 0.3) is 0 Å². The van der Waals surface area contributed by atoms with Crippen molar-refractivity contribution >= 4 is 5.91 Å². The van der Waals surface area contributed by atoms with Crippen LogP contribution in [-0.2, 0) is 13.1 Å². The molecular formula is C21H27N3O2. The Hall–Kier alpha value is -2.40. The highest BCUT2D eigenvalue weighted by Gasteiger charge is 2.17. The van der Waals surface area contributed by atoms with E-state index in [1.807, 2.05) is 6.07 Å². The molecule has 0 radical (unpaired) electrons. The van der Waals surface area contributed by atoms with Gasteiger partial charge in [-0.15, -0.1) is 0 Å². The van der Waals surface area contributed by atoms with Crippen LogP contribution in [0.2, 0.25) is 0 Å². The zero-order chi connectivity index (χ0) is 18.4. The van der Waals surface area contributed by atoms with Crippen LogP contribution < -0.4 is 10.1 Å². The Morgan fingerprint density at radius 2 is 1.96 bits per heavy atom. The number of aromatic nitrogens is 1. The summed E-state index contributed by atoms with van der Waals surface area (Å²) < 4.78 is 5.15. The maximum atomic E-state index is 12.4. The Labute approximate surface area is 155 Å². The number of benzene rings is 1. The first-order valence-corrected chi connectivity index (χ1v) is 9.23. The molecule has 1 aliphatic heterocycles. The summed E-state index contributed by atoms with van der Waals surface area (Å²) in [5.41, 5.74) is 2.80. The van der Waals surface area contributed by atoms with Crippen LogP contribution in [-0.4, -0.2) is 36.0 Å². The fourth-order valence-corrected chi connectivity index (χ4v) is 3.27. The summed E-state index contributed by atoms with van der Waals surface area (Å²) in [5, 5.41) is 2.98. The highest BCUT2D eigenvalue weighted by molar-refractivity contribution is 5.92. The van der Waals surface area contributed by atoms with Gasteiger partial charge in [0.2, 0.25) is 0 Å². The molecule has 138 valence electrons. The maximum Gasteiger partial charge on any atom is 0.270 e. The number of nitrogens with zero attached hydrogens (tertiary/aromatic N) is 2. The molecule has 0 bridgehead atoms. The molecule has 2 heterocycles. The molecule has 1 amide bonds. The first kappa shape index (κ1) is 18.4. The van der Waals surface area contributed by atoms with Gasteiger partial charge in [0.25, 0.3) is 5.91 Å². The zero-order valence-corrected chi connectivity index (χ0v) is 15.6. The molecule has 0 aliphatic carbocycles. The molecule has 1 fully saturated rings. The molecule has 26 heavy (non-hydrogen) atoms. The third-order valence-electron chi connectivity index (χ3n) is 5.03. The highest BCUT2D eigenvalue weighted by Crippen LogP contribution is 2.20. The van der Waals surface area contributed by atoms with Crippen molar-refractivity contribution in [1.82, 2.24) is 15.2 Å². The van der Waals surface area contributed by atoms with Crippen molar-refractivity contribution in [1.29, 1.82) is 0 Å². The van der Waals surface area contributed by atoms with Gasteiger partial charge in [0.15, 0.2) is 0 Å². The SMILES string of the molecule is COc1ccnc(C(=O)NCc2ccccc2CN2CCC(C)CC2)c1. The van der Waals surface area contributed by atoms with Crippen molar-refractivity contribution in [2.75, 3.05) is 20.2 Å². The summed E-state index contributed by atoms with van der Waals surface area (Å²) in [6, 6.07) is 11.7. The van der Waals surface area contributed by atoms with E-state index < -0.39 is 0 Å². The van der Waals surface area contributed by atoms with Gasteiger partial charge in [0.05, 0.1) is 7.11 Å². The molecule has 0 unspecified atom stereocenters. The van der Waals surface area contributed by atoms with E-state index in [1.54, 1.807) is 25.4 Å². The van der Waals surface area contributed by atoms with Gasteiger partial charge in [0.1, 0.15) is 11.4 Å². The molecule has 1 aromatic carbocycles. The summed E-state index contributed by atoms with van der Waals surface area (Å²) in [6.45, 7) is 6.06. The van der Waals surface area contributed by atoms with Gasteiger partial charge in [-0.05, 0) is 49.0 Å². The maximum absolute atomic E-state index is 12.4. The number of hydrogen-bond donors (Lipinski definition) is 1. The molecule has 0 atom stereocenters. The number of methoxy groups -OCH3 is 1. The number of likely N-dealkylation sites (tertiary alicyclic amines) is 1. The first-order chi connectivity index (χ1) is 12.7. The molecule has 0 saturated carbocycles. The van der Waals surface area contributed by atoms with Gasteiger partial charge in [-0.1, -0.05) is 31.2 Å². The van der Waals surface area contributed by atoms with E-state index in [-0.39, 0.29) is 5.91 Å². The number of carbonyl (C=O) groups is 1. The van der Waals surface area contributed by atoms with E-state index >= 15 is 0 Å². The second-order valence-corrected chi connectivity index (χ2v) is 6.99. The molecule has 1 saturated heterocycles. The van der Waals surface area contributed by atoms with Crippen LogP contribution in [0.3, 0.4) is 0 Å². The average Bonchev–Trinajstić information content (AvgIpc) is 2.69. The molecule has 0 spiro atoms. The Kier molecular flexibility index (Phi) is 6.23. The number of amides is 1. The minimum atomic E-state index is -0.189. The van der Waals surface area contributed by atoms with Crippen molar-refractivity contribution in [2.24, 2.45) is 5.92 Å². The number of ether oxygens (including phenoxy) is 1. The van der Waals surface area contributed by atoms with Crippen LogP contribution in [0.15, 0.2) is 42.6 Å². The van der Waals surface area contributed by atoms with E-state index in [0.717, 1.165) is 31.1 Å². The Bertz CT molecular complexity index is 740. The molecule has 1 aliphatic rings. The fourth-order valence-electron chi connectivity index (χ4n) is 3.27. The number of rotatable bonds is 6. The van der Waals surface area contributed by atoms with E-state index in [9.17, 15) is 4.79 Å². The quantitative estimate of drug-likeness (QED) is 0.866. The number of pyridine rings is 1. The predicted molar refractivity (Wildman–Crippen MR) is 102 cm³/mol. The van der Waals surface area contributed by atoms with Gasteiger partial charge < -0.3 is 10.1 Å². The fraction of sp³-hybridized carbons (Fsp3) is 0.429. The van der Waals surface area contributed by atoms with Crippen molar-refractivity contribution in [3.05, 3.63) is 59.4 Å². The number of carbonyl (C=O) groups excluding carboxylic acids is 1. The smallest absolute Gasteiger partial charge is 0.270 e. The minimum Gasteiger partial charge on any atom is -0.497 e. The van der Waals surface area contributed by atoms with Crippen LogP contribution in [0.1, 0.15) is 41.4 Å². The molecular weight excluding hydrogens is 326 g/mol. The summed E-state index contributed by atoms with van der Waals surface area (Å²) in [7, 11) is 1.58. The topological polar surface area (TPSA) is 54.5 Å². The van der Waals surface area contributed by atoms with Crippen LogP contribution in [0.4, 0.5) is 0 Å². The third-order valence-corrected chi connectivity index (χ3v) is 5.03. The van der Waals surface area contributed by atoms with Crippen molar-refractivity contribution in [2.45, 2.75) is 32.9 Å². The van der Waals surface area contributed by atoms with Gasteiger partial charge in [-0.2, -0.15) is 0 Å². The van der Waals surface area contributed by atoms with Gasteiger partial charge in [-0.3, -0.25) is 14.7 Å². The highest BCUT2D eigenvalue weighted by atomic mass is 16.5. The Morgan fingerprint density at radius 1 is 1.23 bits per heavy atom. The lowest BCUT2D eigenvalue weighted by molar-refractivity contribution is 0.0945. The Morgan fingerprint density at radius 3 is 2.69 bits per heavy atom. The van der Waals surface area contributed by atoms with Gasteiger partial charge >= 0.3 is 0 Å². The second-order valence-electron chi connectivity index (χ2n) is 6.99. The molecule has 1 N–H and O–H groups in total. The van der Waals surface area contributed by atoms with Crippen LogP contribution in [0, 0.1) is 5.92 Å². The summed E-state index contributed by atoms with van der Waals surface area (Å²) in [6.07, 6.45) is 4.11. The van der Waals surface area contributed by atoms with E-state index in [1.165, 1.54) is 18.4 Å². The van der Waals surface area contributed by atoms with E-state index in [2.05, 4.69) is 40.3 Å². The molecule has 5 nitrogen and oxygen atoms in total. The monoisotopic (exact) mass is 353 g/mol. The largest absolute Gasteiger partial charge is 0.497 e. The Balaban J connectivity index is 1.62. The molecule has 2 aromatic rings. The standard InChI is InChI=1S/C21H27N3O2/c1-16-8-11-24(12-9-16)15-18-6-4-3-5-17(18)14-23-21(25)20-13-19(26-2)7-10-22-20/h3-7,10,13,16H,8-9,11-12,14-15H2,1-2H3,(H,23,25).